The summed E-state index contributed by atoms with van der Waals surface area (Å²) in [6.45, 7) is 7.14. The number of hydrogen-bond donors (Lipinski definition) is 1. The molecule has 1 fully saturated rings. The van der Waals surface area contributed by atoms with Gasteiger partial charge in [0, 0.05) is 12.1 Å². The van der Waals surface area contributed by atoms with Gasteiger partial charge in [0.2, 0.25) is 0 Å². The van der Waals surface area contributed by atoms with Crippen LogP contribution in [0.15, 0.2) is 60.2 Å². The number of halogens is 1. The highest BCUT2D eigenvalue weighted by atomic mass is 19.1. The maximum atomic E-state index is 13.5. The number of benzene rings is 2. The fourth-order valence-corrected chi connectivity index (χ4v) is 3.86. The Labute approximate surface area is 176 Å². The van der Waals surface area contributed by atoms with Gasteiger partial charge in [0.1, 0.15) is 11.6 Å². The van der Waals surface area contributed by atoms with Gasteiger partial charge in [0.05, 0.1) is 11.6 Å². The Morgan fingerprint density at radius 3 is 2.27 bits per heavy atom. The van der Waals surface area contributed by atoms with E-state index in [-0.39, 0.29) is 11.3 Å². The van der Waals surface area contributed by atoms with Crippen molar-refractivity contribution in [3.05, 3.63) is 77.1 Å². The van der Waals surface area contributed by atoms with Gasteiger partial charge < -0.3 is 14.9 Å². The van der Waals surface area contributed by atoms with Crippen LogP contribution in [-0.4, -0.2) is 52.8 Å². The highest BCUT2D eigenvalue weighted by Crippen LogP contribution is 2.39. The van der Waals surface area contributed by atoms with Crippen molar-refractivity contribution in [3.8, 4) is 0 Å². The maximum Gasteiger partial charge on any atom is 0.295 e. The second-order valence-corrected chi connectivity index (χ2v) is 7.29. The van der Waals surface area contributed by atoms with Gasteiger partial charge in [0.15, 0.2) is 0 Å². The molecule has 158 valence electrons. The van der Waals surface area contributed by atoms with E-state index in [2.05, 4.69) is 18.7 Å². The van der Waals surface area contributed by atoms with Crippen molar-refractivity contribution in [2.45, 2.75) is 26.3 Å². The first-order valence-electron chi connectivity index (χ1n) is 10.3. The number of nitrogens with zero attached hydrogens (tertiary/aromatic N) is 2. The molecule has 6 heteroatoms. The maximum absolute atomic E-state index is 13.5. The minimum atomic E-state index is -0.748. The van der Waals surface area contributed by atoms with Gasteiger partial charge in [-0.05, 0) is 43.8 Å². The van der Waals surface area contributed by atoms with Crippen molar-refractivity contribution in [1.82, 2.24) is 9.80 Å². The molecule has 1 amide bonds. The van der Waals surface area contributed by atoms with E-state index in [1.165, 1.54) is 17.0 Å². The number of hydrogen-bond acceptors (Lipinski definition) is 4. The topological polar surface area (TPSA) is 60.9 Å². The minimum Gasteiger partial charge on any atom is -0.507 e. The second-order valence-electron chi connectivity index (χ2n) is 7.29. The predicted octanol–water partition coefficient (Wildman–Crippen LogP) is 3.98. The summed E-state index contributed by atoms with van der Waals surface area (Å²) in [7, 11) is 0. The Kier molecular flexibility index (Phi) is 7.00. The lowest BCUT2D eigenvalue weighted by atomic mass is 9.95. The Morgan fingerprint density at radius 2 is 1.67 bits per heavy atom. The van der Waals surface area contributed by atoms with Gasteiger partial charge >= 0.3 is 0 Å². The molecule has 1 aliphatic rings. The normalized spacial score (nSPS) is 18.4. The molecule has 1 aliphatic heterocycles. The standard InChI is InChI=1S/C24H27FN2O3/c1-3-26(4-2)15-8-16-27-21(17-11-13-19(25)14-12-17)20(23(29)24(27)30)22(28)18-9-6-5-7-10-18/h5-7,9-14,21,28H,3-4,8,15-16H2,1-2H3/t21-/m0/s1. The van der Waals surface area contributed by atoms with E-state index >= 15 is 0 Å². The predicted molar refractivity (Wildman–Crippen MR) is 114 cm³/mol. The minimum absolute atomic E-state index is 0.0423. The molecule has 2 aromatic carbocycles. The Bertz CT molecular complexity index is 921. The number of amides is 1. The monoisotopic (exact) mass is 410 g/mol. The summed E-state index contributed by atoms with van der Waals surface area (Å²) in [5, 5.41) is 10.9. The zero-order chi connectivity index (χ0) is 21.7. The van der Waals surface area contributed by atoms with Gasteiger partial charge in [-0.2, -0.15) is 0 Å². The molecule has 0 bridgehead atoms. The first-order valence-corrected chi connectivity index (χ1v) is 10.3. The van der Waals surface area contributed by atoms with Crippen LogP contribution in [0.5, 0.6) is 0 Å². The lowest BCUT2D eigenvalue weighted by Gasteiger charge is -2.26. The number of ketones is 1. The van der Waals surface area contributed by atoms with E-state index in [0.29, 0.717) is 24.1 Å². The van der Waals surface area contributed by atoms with Crippen LogP contribution in [0, 0.1) is 5.82 Å². The average molecular weight is 410 g/mol. The molecule has 1 heterocycles. The van der Waals surface area contributed by atoms with E-state index in [4.69, 9.17) is 0 Å². The number of carbonyl (C=O) groups is 2. The number of rotatable bonds is 8. The SMILES string of the molecule is CCN(CC)CCCN1C(=O)C(=O)C(=C(O)c2ccccc2)[C@@H]1c1ccc(F)cc1. The van der Waals surface area contributed by atoms with E-state index in [1.54, 1.807) is 42.5 Å². The fraction of sp³-hybridized carbons (Fsp3) is 0.333. The van der Waals surface area contributed by atoms with E-state index in [1.807, 2.05) is 0 Å². The molecule has 5 nitrogen and oxygen atoms in total. The molecule has 30 heavy (non-hydrogen) atoms. The zero-order valence-corrected chi connectivity index (χ0v) is 17.3. The summed E-state index contributed by atoms with van der Waals surface area (Å²) < 4.78 is 13.5. The van der Waals surface area contributed by atoms with Gasteiger partial charge in [0.25, 0.3) is 11.7 Å². The molecular weight excluding hydrogens is 383 g/mol. The Balaban J connectivity index is 2.00. The smallest absolute Gasteiger partial charge is 0.295 e. The molecule has 0 aliphatic carbocycles. The summed E-state index contributed by atoms with van der Waals surface area (Å²) in [6, 6.07) is 13.6. The van der Waals surface area contributed by atoms with Crippen LogP contribution in [0.3, 0.4) is 0 Å². The summed E-state index contributed by atoms with van der Waals surface area (Å²) in [5.41, 5.74) is 1.10. The first-order chi connectivity index (χ1) is 14.5. The van der Waals surface area contributed by atoms with Crippen LogP contribution in [0.2, 0.25) is 0 Å². The molecule has 0 saturated carbocycles. The number of aliphatic hydroxyl groups excluding tert-OH is 1. The van der Waals surface area contributed by atoms with E-state index in [9.17, 15) is 19.1 Å². The van der Waals surface area contributed by atoms with Gasteiger partial charge in [-0.3, -0.25) is 9.59 Å². The van der Waals surface area contributed by atoms with Crippen molar-refractivity contribution in [2.75, 3.05) is 26.2 Å². The van der Waals surface area contributed by atoms with Crippen LogP contribution in [-0.2, 0) is 9.59 Å². The fourth-order valence-electron chi connectivity index (χ4n) is 3.86. The van der Waals surface area contributed by atoms with Crippen LogP contribution in [0.4, 0.5) is 4.39 Å². The van der Waals surface area contributed by atoms with Crippen LogP contribution in [0.1, 0.15) is 37.4 Å². The third-order valence-corrected chi connectivity index (χ3v) is 5.54. The summed E-state index contributed by atoms with van der Waals surface area (Å²) in [5.74, 6) is -1.97. The first kappa shape index (κ1) is 21.7. The van der Waals surface area contributed by atoms with E-state index in [0.717, 1.165) is 19.6 Å². The van der Waals surface area contributed by atoms with Crippen molar-refractivity contribution < 1.29 is 19.1 Å². The average Bonchev–Trinajstić information content (AvgIpc) is 3.02. The van der Waals surface area contributed by atoms with E-state index < -0.39 is 23.5 Å². The molecule has 1 saturated heterocycles. The molecule has 1 N–H and O–H groups in total. The highest BCUT2D eigenvalue weighted by molar-refractivity contribution is 6.46. The molecule has 2 aromatic rings. The molecule has 1 atom stereocenters. The molecule has 0 spiro atoms. The van der Waals surface area contributed by atoms with Gasteiger partial charge in [-0.15, -0.1) is 0 Å². The van der Waals surface area contributed by atoms with Gasteiger partial charge in [-0.1, -0.05) is 56.3 Å². The third-order valence-electron chi connectivity index (χ3n) is 5.54. The summed E-state index contributed by atoms with van der Waals surface area (Å²) in [4.78, 5) is 29.5. The lowest BCUT2D eigenvalue weighted by molar-refractivity contribution is -0.140. The van der Waals surface area contributed by atoms with Crippen molar-refractivity contribution in [1.29, 1.82) is 0 Å². The molecule has 0 aromatic heterocycles. The summed E-state index contributed by atoms with van der Waals surface area (Å²) >= 11 is 0. The number of Topliss-reactive ketones (excluding diaryl/α,β-unsaturated/α-hetero) is 1. The van der Waals surface area contributed by atoms with Crippen molar-refractivity contribution >= 4 is 17.4 Å². The second kappa shape index (κ2) is 9.67. The zero-order valence-electron chi connectivity index (χ0n) is 17.3. The number of aliphatic hydroxyl groups is 1. The van der Waals surface area contributed by atoms with Crippen molar-refractivity contribution in [3.63, 3.8) is 0 Å². The van der Waals surface area contributed by atoms with Crippen LogP contribution >= 0.6 is 0 Å². The lowest BCUT2D eigenvalue weighted by Crippen LogP contribution is -2.33. The summed E-state index contributed by atoms with van der Waals surface area (Å²) in [6.07, 6.45) is 0.692. The molecular formula is C24H27FN2O3. The number of likely N-dealkylation sites (tertiary alicyclic amines) is 1. The third kappa shape index (κ3) is 4.44. The Morgan fingerprint density at radius 1 is 1.03 bits per heavy atom. The largest absolute Gasteiger partial charge is 0.507 e. The Hall–Kier alpha value is -2.99. The molecule has 3 rings (SSSR count). The molecule has 0 unspecified atom stereocenters. The van der Waals surface area contributed by atoms with Crippen molar-refractivity contribution in [2.24, 2.45) is 0 Å². The number of carbonyl (C=O) groups excluding carboxylic acids is 2. The quantitative estimate of drug-likeness (QED) is 0.406. The highest BCUT2D eigenvalue weighted by Gasteiger charge is 2.45. The van der Waals surface area contributed by atoms with Crippen LogP contribution < -0.4 is 0 Å². The molecule has 0 radical (unpaired) electrons. The van der Waals surface area contributed by atoms with Crippen LogP contribution in [0.25, 0.3) is 5.76 Å². The van der Waals surface area contributed by atoms with Gasteiger partial charge in [-0.25, -0.2) is 4.39 Å².